The summed E-state index contributed by atoms with van der Waals surface area (Å²) in [5, 5.41) is 5.17. The molecule has 0 spiro atoms. The Balaban J connectivity index is 1.71. The molecule has 2 aromatic heterocycles. The highest BCUT2D eigenvalue weighted by Crippen LogP contribution is 2.34. The van der Waals surface area contributed by atoms with E-state index in [-0.39, 0.29) is 11.9 Å². The van der Waals surface area contributed by atoms with E-state index in [4.69, 9.17) is 14.2 Å². The predicted octanol–water partition coefficient (Wildman–Crippen LogP) is 5.66. The fraction of sp³-hybridized carbons (Fsp3) is 0.240. The summed E-state index contributed by atoms with van der Waals surface area (Å²) < 4.78 is 56.9. The summed E-state index contributed by atoms with van der Waals surface area (Å²) in [5.41, 5.74) is 1.79. The lowest BCUT2D eigenvalue weighted by molar-refractivity contribution is -0.137. The Labute approximate surface area is 199 Å². The van der Waals surface area contributed by atoms with Crippen molar-refractivity contribution in [2.75, 3.05) is 14.2 Å². The molecule has 4 aromatic rings. The lowest BCUT2D eigenvalue weighted by Crippen LogP contribution is -2.11. The van der Waals surface area contributed by atoms with Crippen molar-refractivity contribution in [3.05, 3.63) is 83.2 Å². The molecular formula is C25H23F3N4O3. The number of halogens is 3. The third kappa shape index (κ3) is 5.21. The number of aromatic nitrogens is 4. The van der Waals surface area contributed by atoms with Crippen LogP contribution < -0.4 is 9.47 Å². The third-order valence-corrected chi connectivity index (χ3v) is 5.40. The van der Waals surface area contributed by atoms with Crippen molar-refractivity contribution in [1.29, 1.82) is 0 Å². The number of benzene rings is 2. The summed E-state index contributed by atoms with van der Waals surface area (Å²) in [6, 6.07) is 14.3. The van der Waals surface area contributed by atoms with Gasteiger partial charge in [-0.25, -0.2) is 4.68 Å². The Bertz CT molecular complexity index is 1320. The minimum atomic E-state index is -4.41. The van der Waals surface area contributed by atoms with Gasteiger partial charge in [-0.3, -0.25) is 0 Å². The van der Waals surface area contributed by atoms with Crippen LogP contribution in [-0.2, 0) is 17.5 Å². The van der Waals surface area contributed by atoms with Crippen molar-refractivity contribution >= 4 is 17.1 Å². The van der Waals surface area contributed by atoms with Crippen molar-refractivity contribution in [2.45, 2.75) is 25.7 Å². The van der Waals surface area contributed by atoms with Gasteiger partial charge in [-0.1, -0.05) is 42.5 Å². The van der Waals surface area contributed by atoms with E-state index < -0.39 is 17.8 Å². The van der Waals surface area contributed by atoms with Crippen LogP contribution in [0.1, 0.15) is 35.3 Å². The fourth-order valence-electron chi connectivity index (χ4n) is 3.56. The van der Waals surface area contributed by atoms with Gasteiger partial charge in [0.1, 0.15) is 17.7 Å². The Morgan fingerprint density at radius 3 is 2.31 bits per heavy atom. The van der Waals surface area contributed by atoms with Crippen molar-refractivity contribution in [1.82, 2.24) is 19.7 Å². The minimum absolute atomic E-state index is 0.0750. The molecule has 0 aliphatic rings. The van der Waals surface area contributed by atoms with Gasteiger partial charge in [0.15, 0.2) is 5.65 Å². The first kappa shape index (κ1) is 24.1. The van der Waals surface area contributed by atoms with Crippen molar-refractivity contribution < 1.29 is 27.4 Å². The molecule has 0 saturated carbocycles. The van der Waals surface area contributed by atoms with Gasteiger partial charge in [0, 0.05) is 6.08 Å². The zero-order chi connectivity index (χ0) is 25.0. The highest BCUT2D eigenvalue weighted by Gasteiger charge is 2.30. The first-order valence-electron chi connectivity index (χ1n) is 10.7. The number of hydrogen-bond donors (Lipinski definition) is 0. The molecule has 0 saturated heterocycles. The molecule has 0 amide bonds. The molecule has 1 atom stereocenters. The Hall–Kier alpha value is -4.08. The zero-order valence-electron chi connectivity index (χ0n) is 19.3. The van der Waals surface area contributed by atoms with Crippen LogP contribution in [0.3, 0.4) is 0 Å². The van der Waals surface area contributed by atoms with Crippen molar-refractivity contribution in [3.8, 4) is 11.9 Å². The van der Waals surface area contributed by atoms with Crippen LogP contribution in [0, 0.1) is 0 Å². The standard InChI is InChI=1S/C25H23F3N4O3/c1-16(18-9-11-19(12-10-18)25(26,27)28)32-22-21(23(33-2)30-24(29-22)34-3)20(31-32)13-14-35-15-17-7-5-4-6-8-17/h4-14,16H,15H2,1-3H3/t16-/m0/s1. The Morgan fingerprint density at radius 2 is 1.69 bits per heavy atom. The average molecular weight is 484 g/mol. The van der Waals surface area contributed by atoms with E-state index in [0.29, 0.717) is 28.9 Å². The van der Waals surface area contributed by atoms with Gasteiger partial charge < -0.3 is 14.2 Å². The van der Waals surface area contributed by atoms with E-state index in [1.54, 1.807) is 10.8 Å². The van der Waals surface area contributed by atoms with Gasteiger partial charge in [0.25, 0.3) is 0 Å². The number of alkyl halides is 3. The van der Waals surface area contributed by atoms with E-state index in [9.17, 15) is 13.2 Å². The molecule has 0 radical (unpaired) electrons. The summed E-state index contributed by atoms with van der Waals surface area (Å²) in [5.74, 6) is 0.250. The summed E-state index contributed by atoms with van der Waals surface area (Å²) in [6.07, 6.45) is -1.23. The second-order valence-electron chi connectivity index (χ2n) is 7.64. The zero-order valence-corrected chi connectivity index (χ0v) is 19.3. The highest BCUT2D eigenvalue weighted by atomic mass is 19.4. The van der Waals surface area contributed by atoms with Gasteiger partial charge in [0.2, 0.25) is 5.88 Å². The van der Waals surface area contributed by atoms with Gasteiger partial charge in [-0.2, -0.15) is 28.2 Å². The highest BCUT2D eigenvalue weighted by molar-refractivity contribution is 5.89. The maximum Gasteiger partial charge on any atom is 0.416 e. The van der Waals surface area contributed by atoms with Crippen LogP contribution in [0.4, 0.5) is 13.2 Å². The van der Waals surface area contributed by atoms with Crippen LogP contribution in [-0.4, -0.2) is 34.0 Å². The normalized spacial score (nSPS) is 12.7. The van der Waals surface area contributed by atoms with Crippen molar-refractivity contribution in [2.24, 2.45) is 0 Å². The van der Waals surface area contributed by atoms with Crippen LogP contribution in [0.2, 0.25) is 0 Å². The lowest BCUT2D eigenvalue weighted by atomic mass is 10.1. The van der Waals surface area contributed by atoms with E-state index in [1.807, 2.05) is 37.3 Å². The SMILES string of the molecule is COc1nc(OC)c2c(C=COCc3ccccc3)nn([C@@H](C)c3ccc(C(F)(F)F)cc3)c2n1. The second-order valence-corrected chi connectivity index (χ2v) is 7.64. The summed E-state index contributed by atoms with van der Waals surface area (Å²) in [7, 11) is 2.90. The molecule has 182 valence electrons. The maximum absolute atomic E-state index is 13.0. The van der Waals surface area contributed by atoms with Crippen molar-refractivity contribution in [3.63, 3.8) is 0 Å². The molecule has 4 rings (SSSR count). The maximum atomic E-state index is 13.0. The number of ether oxygens (including phenoxy) is 3. The van der Waals surface area contributed by atoms with Crippen LogP contribution >= 0.6 is 0 Å². The van der Waals surface area contributed by atoms with Crippen LogP contribution in [0.15, 0.2) is 60.9 Å². The number of hydrogen-bond acceptors (Lipinski definition) is 6. The summed E-state index contributed by atoms with van der Waals surface area (Å²) in [6.45, 7) is 2.19. The summed E-state index contributed by atoms with van der Waals surface area (Å²) in [4.78, 5) is 8.68. The molecule has 0 aliphatic carbocycles. The molecule has 0 N–H and O–H groups in total. The van der Waals surface area contributed by atoms with E-state index in [0.717, 1.165) is 17.7 Å². The van der Waals surface area contributed by atoms with Gasteiger partial charge in [-0.15, -0.1) is 0 Å². The summed E-state index contributed by atoms with van der Waals surface area (Å²) >= 11 is 0. The molecule has 0 bridgehead atoms. The van der Waals surface area contributed by atoms with Crippen LogP contribution in [0.5, 0.6) is 11.9 Å². The number of methoxy groups -OCH3 is 2. The Kier molecular flexibility index (Phi) is 6.90. The van der Waals surface area contributed by atoms with Gasteiger partial charge in [-0.05, 0) is 30.2 Å². The van der Waals surface area contributed by atoms with E-state index >= 15 is 0 Å². The minimum Gasteiger partial charge on any atom is -0.496 e. The topological polar surface area (TPSA) is 71.3 Å². The van der Waals surface area contributed by atoms with Gasteiger partial charge >= 0.3 is 12.2 Å². The largest absolute Gasteiger partial charge is 0.496 e. The number of rotatable bonds is 8. The molecular weight excluding hydrogens is 461 g/mol. The van der Waals surface area contributed by atoms with E-state index in [2.05, 4.69) is 15.1 Å². The third-order valence-electron chi connectivity index (χ3n) is 5.40. The number of fused-ring (bicyclic) bond motifs is 1. The van der Waals surface area contributed by atoms with Crippen LogP contribution in [0.25, 0.3) is 17.1 Å². The first-order valence-corrected chi connectivity index (χ1v) is 10.7. The monoisotopic (exact) mass is 484 g/mol. The molecule has 7 nitrogen and oxygen atoms in total. The van der Waals surface area contributed by atoms with Gasteiger partial charge in [0.05, 0.1) is 32.1 Å². The Morgan fingerprint density at radius 1 is 0.971 bits per heavy atom. The number of nitrogens with zero attached hydrogens (tertiary/aromatic N) is 4. The smallest absolute Gasteiger partial charge is 0.416 e. The molecule has 0 unspecified atom stereocenters. The molecule has 2 aromatic carbocycles. The predicted molar refractivity (Wildman–Crippen MR) is 124 cm³/mol. The quantitative estimate of drug-likeness (QED) is 0.301. The molecule has 2 heterocycles. The second kappa shape index (κ2) is 10.0. The first-order chi connectivity index (χ1) is 16.8. The molecule has 0 fully saturated rings. The fourth-order valence-corrected chi connectivity index (χ4v) is 3.56. The average Bonchev–Trinajstić information content (AvgIpc) is 3.24. The molecule has 35 heavy (non-hydrogen) atoms. The van der Waals surface area contributed by atoms with E-state index in [1.165, 1.54) is 32.6 Å². The lowest BCUT2D eigenvalue weighted by Gasteiger charge is -2.15. The molecule has 10 heteroatoms. The molecule has 0 aliphatic heterocycles.